The molecule has 0 saturated heterocycles. The fourth-order valence-corrected chi connectivity index (χ4v) is 4.03. The summed E-state index contributed by atoms with van der Waals surface area (Å²) >= 11 is 0. The maximum atomic E-state index is 12.7. The van der Waals surface area contributed by atoms with Crippen LogP contribution in [0.2, 0.25) is 0 Å². The van der Waals surface area contributed by atoms with Crippen LogP contribution in [0.4, 0.5) is 0 Å². The van der Waals surface area contributed by atoms with Gasteiger partial charge in [-0.05, 0) is 48.6 Å². The van der Waals surface area contributed by atoms with E-state index in [0.29, 0.717) is 18.4 Å². The van der Waals surface area contributed by atoms with E-state index in [9.17, 15) is 4.79 Å². The highest BCUT2D eigenvalue weighted by Gasteiger charge is 2.57. The van der Waals surface area contributed by atoms with Gasteiger partial charge in [0.1, 0.15) is 0 Å². The molecule has 21 heavy (non-hydrogen) atoms. The van der Waals surface area contributed by atoms with Crippen LogP contribution in [0.15, 0.2) is 24.3 Å². The third-order valence-corrected chi connectivity index (χ3v) is 5.77. The van der Waals surface area contributed by atoms with Gasteiger partial charge in [-0.15, -0.1) is 0 Å². The molecule has 1 aromatic carbocycles. The van der Waals surface area contributed by atoms with Gasteiger partial charge in [0.05, 0.1) is 5.54 Å². The first kappa shape index (κ1) is 14.6. The molecule has 3 atom stereocenters. The van der Waals surface area contributed by atoms with Crippen molar-refractivity contribution in [3.63, 3.8) is 0 Å². The van der Waals surface area contributed by atoms with Crippen LogP contribution >= 0.6 is 0 Å². The van der Waals surface area contributed by atoms with Crippen molar-refractivity contribution in [3.8, 4) is 0 Å². The summed E-state index contributed by atoms with van der Waals surface area (Å²) in [6, 6.07) is 8.61. The van der Waals surface area contributed by atoms with E-state index in [1.165, 1.54) is 11.1 Å². The lowest BCUT2D eigenvalue weighted by atomic mass is 9.92. The Morgan fingerprint density at radius 2 is 2.05 bits per heavy atom. The third-order valence-electron chi connectivity index (χ3n) is 5.77. The van der Waals surface area contributed by atoms with Crippen molar-refractivity contribution in [2.45, 2.75) is 51.0 Å². The van der Waals surface area contributed by atoms with Gasteiger partial charge in [0.25, 0.3) is 0 Å². The number of benzene rings is 1. The van der Waals surface area contributed by atoms with Gasteiger partial charge in [-0.1, -0.05) is 38.1 Å². The summed E-state index contributed by atoms with van der Waals surface area (Å²) in [5.74, 6) is 1.37. The van der Waals surface area contributed by atoms with Gasteiger partial charge in [0.15, 0.2) is 0 Å². The minimum Gasteiger partial charge on any atom is -0.349 e. The van der Waals surface area contributed by atoms with Crippen molar-refractivity contribution in [1.29, 1.82) is 0 Å². The Morgan fingerprint density at radius 3 is 2.71 bits per heavy atom. The van der Waals surface area contributed by atoms with Crippen LogP contribution in [0.1, 0.15) is 50.2 Å². The van der Waals surface area contributed by atoms with Gasteiger partial charge in [-0.25, -0.2) is 0 Å². The Balaban J connectivity index is 1.74. The molecule has 0 aliphatic heterocycles. The highest BCUT2D eigenvalue weighted by molar-refractivity contribution is 5.84. The number of nitrogens with one attached hydrogen (secondary N) is 1. The SMILES string of the molecule is CCC(CC)(CN)NC(=O)C1C2CCc3ccccc3C21. The van der Waals surface area contributed by atoms with Crippen LogP contribution in [0.5, 0.6) is 0 Å². The van der Waals surface area contributed by atoms with E-state index in [4.69, 9.17) is 5.73 Å². The van der Waals surface area contributed by atoms with Crippen LogP contribution in [0, 0.1) is 11.8 Å². The molecule has 0 heterocycles. The van der Waals surface area contributed by atoms with Gasteiger partial charge in [0, 0.05) is 12.5 Å². The molecule has 3 nitrogen and oxygen atoms in total. The predicted octanol–water partition coefficient (Wildman–Crippen LogP) is 2.60. The van der Waals surface area contributed by atoms with E-state index < -0.39 is 0 Å². The number of fused-ring (bicyclic) bond motifs is 3. The van der Waals surface area contributed by atoms with Crippen molar-refractivity contribution in [3.05, 3.63) is 35.4 Å². The number of carbonyl (C=O) groups is 1. The molecular formula is C18H26N2O. The zero-order chi connectivity index (χ0) is 15.0. The fraction of sp³-hybridized carbons (Fsp3) is 0.611. The number of carbonyl (C=O) groups excluding carboxylic acids is 1. The van der Waals surface area contributed by atoms with E-state index >= 15 is 0 Å². The molecule has 0 radical (unpaired) electrons. The molecule has 2 aliphatic rings. The van der Waals surface area contributed by atoms with Gasteiger partial charge >= 0.3 is 0 Å². The van der Waals surface area contributed by atoms with Crippen LogP contribution < -0.4 is 11.1 Å². The third kappa shape index (κ3) is 2.38. The number of hydrogen-bond acceptors (Lipinski definition) is 2. The van der Waals surface area contributed by atoms with Crippen LogP contribution in [0.3, 0.4) is 0 Å². The highest BCUT2D eigenvalue weighted by atomic mass is 16.2. The Bertz CT molecular complexity index is 528. The molecule has 3 rings (SSSR count). The maximum absolute atomic E-state index is 12.7. The summed E-state index contributed by atoms with van der Waals surface area (Å²) in [6.07, 6.45) is 4.05. The normalized spacial score (nSPS) is 26.7. The molecular weight excluding hydrogens is 260 g/mol. The predicted molar refractivity (Wildman–Crippen MR) is 85.0 cm³/mol. The van der Waals surface area contributed by atoms with Gasteiger partial charge in [0.2, 0.25) is 5.91 Å². The number of nitrogens with two attached hydrogens (primary N) is 1. The molecule has 3 N–H and O–H groups in total. The van der Waals surface area contributed by atoms with Crippen LogP contribution in [0.25, 0.3) is 0 Å². The molecule has 1 amide bonds. The quantitative estimate of drug-likeness (QED) is 0.874. The topological polar surface area (TPSA) is 55.1 Å². The van der Waals surface area contributed by atoms with E-state index in [-0.39, 0.29) is 17.4 Å². The Labute approximate surface area is 127 Å². The number of hydrogen-bond donors (Lipinski definition) is 2. The number of rotatable bonds is 5. The van der Waals surface area contributed by atoms with E-state index in [1.807, 2.05) is 0 Å². The van der Waals surface area contributed by atoms with Gasteiger partial charge in [-0.2, -0.15) is 0 Å². The highest BCUT2D eigenvalue weighted by Crippen LogP contribution is 2.59. The van der Waals surface area contributed by atoms with E-state index in [1.54, 1.807) is 0 Å². The summed E-state index contributed by atoms with van der Waals surface area (Å²) in [6.45, 7) is 4.72. The number of aryl methyl sites for hydroxylation is 1. The average molecular weight is 286 g/mol. The summed E-state index contributed by atoms with van der Waals surface area (Å²) in [4.78, 5) is 12.7. The first-order valence-corrected chi connectivity index (χ1v) is 8.25. The van der Waals surface area contributed by atoms with Crippen LogP contribution in [-0.2, 0) is 11.2 Å². The average Bonchev–Trinajstić information content (AvgIpc) is 3.28. The van der Waals surface area contributed by atoms with Crippen LogP contribution in [-0.4, -0.2) is 18.0 Å². The Hall–Kier alpha value is -1.35. The first-order valence-electron chi connectivity index (χ1n) is 8.25. The summed E-state index contributed by atoms with van der Waals surface area (Å²) in [7, 11) is 0. The second-order valence-corrected chi connectivity index (χ2v) is 6.63. The lowest BCUT2D eigenvalue weighted by Gasteiger charge is -2.31. The van der Waals surface area contributed by atoms with E-state index in [0.717, 1.165) is 25.7 Å². The zero-order valence-corrected chi connectivity index (χ0v) is 13.1. The molecule has 0 aromatic heterocycles. The van der Waals surface area contributed by atoms with Crippen molar-refractivity contribution >= 4 is 5.91 Å². The smallest absolute Gasteiger partial charge is 0.224 e. The van der Waals surface area contributed by atoms with E-state index in [2.05, 4.69) is 43.4 Å². The lowest BCUT2D eigenvalue weighted by Crippen LogP contribution is -2.53. The molecule has 1 saturated carbocycles. The Kier molecular flexibility index (Phi) is 3.78. The molecule has 2 aliphatic carbocycles. The second kappa shape index (κ2) is 5.45. The maximum Gasteiger partial charge on any atom is 0.224 e. The van der Waals surface area contributed by atoms with Crippen molar-refractivity contribution in [2.75, 3.05) is 6.54 Å². The molecule has 0 bridgehead atoms. The minimum atomic E-state index is -0.220. The summed E-state index contributed by atoms with van der Waals surface area (Å²) in [5, 5.41) is 3.26. The Morgan fingerprint density at radius 1 is 1.33 bits per heavy atom. The van der Waals surface area contributed by atoms with Gasteiger partial charge in [-0.3, -0.25) is 4.79 Å². The molecule has 3 unspecified atom stereocenters. The van der Waals surface area contributed by atoms with Crippen molar-refractivity contribution < 1.29 is 4.79 Å². The zero-order valence-electron chi connectivity index (χ0n) is 13.1. The molecule has 3 heteroatoms. The lowest BCUT2D eigenvalue weighted by molar-refractivity contribution is -0.124. The van der Waals surface area contributed by atoms with Gasteiger partial charge < -0.3 is 11.1 Å². The first-order chi connectivity index (χ1) is 10.2. The number of amides is 1. The minimum absolute atomic E-state index is 0.165. The molecule has 114 valence electrons. The summed E-state index contributed by atoms with van der Waals surface area (Å²) in [5.41, 5.74) is 8.52. The standard InChI is InChI=1S/C18H26N2O/c1-3-18(4-2,11-19)20-17(21)16-14-10-9-12-7-5-6-8-13(12)15(14)16/h5-8,14-16H,3-4,9-11,19H2,1-2H3,(H,20,21). The van der Waals surface area contributed by atoms with Crippen molar-refractivity contribution in [2.24, 2.45) is 17.6 Å². The summed E-state index contributed by atoms with van der Waals surface area (Å²) < 4.78 is 0. The molecule has 1 aromatic rings. The largest absolute Gasteiger partial charge is 0.349 e. The second-order valence-electron chi connectivity index (χ2n) is 6.63. The van der Waals surface area contributed by atoms with Crippen molar-refractivity contribution in [1.82, 2.24) is 5.32 Å². The molecule has 1 fully saturated rings. The monoisotopic (exact) mass is 286 g/mol. The fourth-order valence-electron chi connectivity index (χ4n) is 4.03. The molecule has 0 spiro atoms.